The lowest BCUT2D eigenvalue weighted by Crippen LogP contribution is -2.31. The Morgan fingerprint density at radius 2 is 2.41 bits per heavy atom. The Bertz CT molecular complexity index is 366. The van der Waals surface area contributed by atoms with Gasteiger partial charge in [-0.15, -0.1) is 0 Å². The fraction of sp³-hybridized carbons (Fsp3) is 0.692. The molecule has 1 saturated heterocycles. The molecule has 1 aliphatic heterocycles. The van der Waals surface area contributed by atoms with E-state index in [4.69, 9.17) is 5.73 Å². The summed E-state index contributed by atoms with van der Waals surface area (Å²) in [6, 6.07) is 2.05. The van der Waals surface area contributed by atoms with Crippen molar-refractivity contribution in [1.82, 2.24) is 14.9 Å². The van der Waals surface area contributed by atoms with Gasteiger partial charge in [0.05, 0.1) is 0 Å². The molecule has 0 radical (unpaired) electrons. The van der Waals surface area contributed by atoms with Crippen molar-refractivity contribution in [2.24, 2.45) is 5.73 Å². The molecule has 0 aromatic carbocycles. The van der Waals surface area contributed by atoms with Gasteiger partial charge in [0, 0.05) is 36.8 Å². The third-order valence-electron chi connectivity index (χ3n) is 3.53. The standard InChI is InChI=1S/C13H22N4/c1-10(8-14)13-15-6-5-12(16-13)11-4-3-7-17(2)9-11/h5-6,10-11H,3-4,7-9,14H2,1-2H3. The van der Waals surface area contributed by atoms with E-state index in [0.717, 1.165) is 12.4 Å². The lowest BCUT2D eigenvalue weighted by molar-refractivity contribution is 0.248. The summed E-state index contributed by atoms with van der Waals surface area (Å²) >= 11 is 0. The Labute approximate surface area is 103 Å². The largest absolute Gasteiger partial charge is 0.330 e. The van der Waals surface area contributed by atoms with Gasteiger partial charge in [-0.2, -0.15) is 0 Å². The van der Waals surface area contributed by atoms with E-state index in [1.807, 2.05) is 6.20 Å². The van der Waals surface area contributed by atoms with Crippen molar-refractivity contribution in [3.05, 3.63) is 23.8 Å². The number of nitrogens with zero attached hydrogens (tertiary/aromatic N) is 3. The average Bonchev–Trinajstić information content (AvgIpc) is 2.38. The van der Waals surface area contributed by atoms with Crippen LogP contribution in [0, 0.1) is 0 Å². The van der Waals surface area contributed by atoms with Crippen LogP contribution in [0.1, 0.15) is 43.1 Å². The predicted molar refractivity (Wildman–Crippen MR) is 69.0 cm³/mol. The molecule has 2 N–H and O–H groups in total. The molecule has 4 nitrogen and oxygen atoms in total. The van der Waals surface area contributed by atoms with Crippen LogP contribution in [0.25, 0.3) is 0 Å². The van der Waals surface area contributed by atoms with E-state index < -0.39 is 0 Å². The van der Waals surface area contributed by atoms with Crippen molar-refractivity contribution in [2.75, 3.05) is 26.7 Å². The SMILES string of the molecule is CC(CN)c1nccc(C2CCCN(C)C2)n1. The van der Waals surface area contributed by atoms with Gasteiger partial charge in [-0.3, -0.25) is 0 Å². The van der Waals surface area contributed by atoms with E-state index >= 15 is 0 Å². The molecule has 1 aromatic rings. The summed E-state index contributed by atoms with van der Waals surface area (Å²) < 4.78 is 0. The first-order valence-corrected chi connectivity index (χ1v) is 6.42. The molecule has 2 unspecified atom stereocenters. The van der Waals surface area contributed by atoms with Crippen LogP contribution >= 0.6 is 0 Å². The third kappa shape index (κ3) is 3.01. The molecule has 1 aromatic heterocycles. The lowest BCUT2D eigenvalue weighted by Gasteiger charge is -2.29. The number of hydrogen-bond donors (Lipinski definition) is 1. The first kappa shape index (κ1) is 12.5. The predicted octanol–water partition coefficient (Wildman–Crippen LogP) is 1.35. The van der Waals surface area contributed by atoms with Crippen molar-refractivity contribution in [3.63, 3.8) is 0 Å². The summed E-state index contributed by atoms with van der Waals surface area (Å²) in [7, 11) is 2.18. The van der Waals surface area contributed by atoms with Gasteiger partial charge in [0.2, 0.25) is 0 Å². The Morgan fingerprint density at radius 1 is 1.59 bits per heavy atom. The molecule has 2 rings (SSSR count). The zero-order valence-electron chi connectivity index (χ0n) is 10.8. The lowest BCUT2D eigenvalue weighted by atomic mass is 9.95. The zero-order valence-corrected chi connectivity index (χ0v) is 10.8. The monoisotopic (exact) mass is 234 g/mol. The molecule has 0 saturated carbocycles. The Morgan fingerprint density at radius 3 is 3.12 bits per heavy atom. The molecule has 0 aliphatic carbocycles. The number of piperidine rings is 1. The fourth-order valence-electron chi connectivity index (χ4n) is 2.37. The van der Waals surface area contributed by atoms with Crippen LogP contribution < -0.4 is 5.73 Å². The van der Waals surface area contributed by atoms with Crippen molar-refractivity contribution >= 4 is 0 Å². The van der Waals surface area contributed by atoms with Crippen LogP contribution in [0.3, 0.4) is 0 Å². The highest BCUT2D eigenvalue weighted by Crippen LogP contribution is 2.25. The molecule has 0 amide bonds. The first-order chi connectivity index (χ1) is 8.20. The molecular formula is C13H22N4. The van der Waals surface area contributed by atoms with Gasteiger partial charge in [-0.25, -0.2) is 9.97 Å². The van der Waals surface area contributed by atoms with Crippen LogP contribution in [-0.4, -0.2) is 41.5 Å². The molecule has 0 bridgehead atoms. The second-order valence-electron chi connectivity index (χ2n) is 5.08. The van der Waals surface area contributed by atoms with Gasteiger partial charge in [0.15, 0.2) is 0 Å². The molecule has 94 valence electrons. The Kier molecular flexibility index (Phi) is 4.07. The van der Waals surface area contributed by atoms with Gasteiger partial charge in [-0.1, -0.05) is 6.92 Å². The summed E-state index contributed by atoms with van der Waals surface area (Å²) in [5, 5.41) is 0. The smallest absolute Gasteiger partial charge is 0.132 e. The number of likely N-dealkylation sites (N-methyl/N-ethyl adjacent to an activating group) is 1. The summed E-state index contributed by atoms with van der Waals surface area (Å²) in [5.74, 6) is 1.69. The number of rotatable bonds is 3. The number of aromatic nitrogens is 2. The summed E-state index contributed by atoms with van der Waals surface area (Å²) in [5.41, 5.74) is 6.85. The maximum atomic E-state index is 5.67. The van der Waals surface area contributed by atoms with Gasteiger partial charge in [-0.05, 0) is 32.5 Å². The van der Waals surface area contributed by atoms with Crippen molar-refractivity contribution < 1.29 is 0 Å². The maximum Gasteiger partial charge on any atom is 0.132 e. The Hall–Kier alpha value is -1.00. The minimum absolute atomic E-state index is 0.247. The van der Waals surface area contributed by atoms with Crippen LogP contribution in [0.15, 0.2) is 12.3 Å². The van der Waals surface area contributed by atoms with Crippen LogP contribution in [0.2, 0.25) is 0 Å². The molecule has 17 heavy (non-hydrogen) atoms. The van der Waals surface area contributed by atoms with E-state index in [2.05, 4.69) is 34.9 Å². The minimum atomic E-state index is 0.247. The molecule has 1 aliphatic rings. The summed E-state index contributed by atoms with van der Waals surface area (Å²) in [6.45, 7) is 4.99. The second-order valence-corrected chi connectivity index (χ2v) is 5.08. The van der Waals surface area contributed by atoms with E-state index in [-0.39, 0.29) is 5.92 Å². The number of hydrogen-bond acceptors (Lipinski definition) is 4. The second kappa shape index (κ2) is 5.56. The highest BCUT2D eigenvalue weighted by Gasteiger charge is 2.20. The molecule has 0 spiro atoms. The quantitative estimate of drug-likeness (QED) is 0.857. The number of nitrogens with two attached hydrogens (primary N) is 1. The normalized spacial score (nSPS) is 23.6. The fourth-order valence-corrected chi connectivity index (χ4v) is 2.37. The van der Waals surface area contributed by atoms with E-state index in [1.54, 1.807) is 0 Å². The average molecular weight is 234 g/mol. The van der Waals surface area contributed by atoms with Crippen molar-refractivity contribution in [2.45, 2.75) is 31.6 Å². The third-order valence-corrected chi connectivity index (χ3v) is 3.53. The van der Waals surface area contributed by atoms with E-state index in [9.17, 15) is 0 Å². The maximum absolute atomic E-state index is 5.67. The Balaban J connectivity index is 2.15. The van der Waals surface area contributed by atoms with Crippen molar-refractivity contribution in [1.29, 1.82) is 0 Å². The molecule has 2 heterocycles. The molecular weight excluding hydrogens is 212 g/mol. The highest BCUT2D eigenvalue weighted by molar-refractivity contribution is 5.12. The van der Waals surface area contributed by atoms with Gasteiger partial charge < -0.3 is 10.6 Å². The van der Waals surface area contributed by atoms with E-state index in [0.29, 0.717) is 12.5 Å². The minimum Gasteiger partial charge on any atom is -0.330 e. The van der Waals surface area contributed by atoms with Crippen LogP contribution in [-0.2, 0) is 0 Å². The van der Waals surface area contributed by atoms with Crippen LogP contribution in [0.4, 0.5) is 0 Å². The highest BCUT2D eigenvalue weighted by atomic mass is 15.1. The summed E-state index contributed by atoms with van der Waals surface area (Å²) in [4.78, 5) is 11.4. The first-order valence-electron chi connectivity index (χ1n) is 6.42. The molecule has 2 atom stereocenters. The summed E-state index contributed by atoms with van der Waals surface area (Å²) in [6.07, 6.45) is 4.36. The van der Waals surface area contributed by atoms with Gasteiger partial charge in [0.25, 0.3) is 0 Å². The topological polar surface area (TPSA) is 55.0 Å². The van der Waals surface area contributed by atoms with Crippen LogP contribution in [0.5, 0.6) is 0 Å². The van der Waals surface area contributed by atoms with Crippen molar-refractivity contribution in [3.8, 4) is 0 Å². The van der Waals surface area contributed by atoms with Gasteiger partial charge in [0.1, 0.15) is 5.82 Å². The van der Waals surface area contributed by atoms with E-state index in [1.165, 1.54) is 25.1 Å². The number of likely N-dealkylation sites (tertiary alicyclic amines) is 1. The zero-order chi connectivity index (χ0) is 12.3. The molecule has 1 fully saturated rings. The molecule has 4 heteroatoms. The van der Waals surface area contributed by atoms with Gasteiger partial charge >= 0.3 is 0 Å².